The molecule has 1 aromatic heterocycles. The minimum absolute atomic E-state index is 0.747. The average molecular weight is 229 g/mol. The van der Waals surface area contributed by atoms with Gasteiger partial charge in [0.15, 0.2) is 0 Å². The summed E-state index contributed by atoms with van der Waals surface area (Å²) >= 11 is 0. The first-order chi connectivity index (χ1) is 8.22. The number of aryl methyl sites for hydroxylation is 1. The molecule has 3 heteroatoms. The minimum Gasteiger partial charge on any atom is -0.384 e. The van der Waals surface area contributed by atoms with Gasteiger partial charge >= 0.3 is 0 Å². The van der Waals surface area contributed by atoms with Crippen LogP contribution in [0.15, 0.2) is 30.3 Å². The van der Waals surface area contributed by atoms with Crippen LogP contribution in [0.2, 0.25) is 0 Å². The molecule has 0 spiro atoms. The number of anilines is 1. The summed E-state index contributed by atoms with van der Waals surface area (Å²) in [5.74, 6) is 0.789. The Labute approximate surface area is 102 Å². The summed E-state index contributed by atoms with van der Waals surface area (Å²) in [5, 5.41) is 4.59. The Kier molecular flexibility index (Phi) is 3.47. The van der Waals surface area contributed by atoms with Crippen molar-refractivity contribution in [2.75, 3.05) is 5.73 Å². The molecular weight excluding hydrogens is 210 g/mol. The van der Waals surface area contributed by atoms with Crippen LogP contribution < -0.4 is 5.73 Å². The summed E-state index contributed by atoms with van der Waals surface area (Å²) in [6, 6.07) is 10.3. The summed E-state index contributed by atoms with van der Waals surface area (Å²) in [4.78, 5) is 0. The highest BCUT2D eigenvalue weighted by atomic mass is 15.3. The third kappa shape index (κ3) is 2.49. The second kappa shape index (κ2) is 5.04. The van der Waals surface area contributed by atoms with Gasteiger partial charge in [0.2, 0.25) is 0 Å². The predicted octanol–water partition coefficient (Wildman–Crippen LogP) is 2.77. The highest BCUT2D eigenvalue weighted by molar-refractivity contribution is 5.43. The first-order valence-electron chi connectivity index (χ1n) is 6.08. The molecule has 0 fully saturated rings. The Bertz CT molecular complexity index is 486. The van der Waals surface area contributed by atoms with E-state index in [0.717, 1.165) is 36.5 Å². The average Bonchev–Trinajstić information content (AvgIpc) is 2.60. The smallest absolute Gasteiger partial charge is 0.125 e. The molecule has 2 N–H and O–H groups in total. The second-order valence-corrected chi connectivity index (χ2v) is 4.35. The van der Waals surface area contributed by atoms with Gasteiger partial charge in [-0.05, 0) is 18.9 Å². The Balaban J connectivity index is 2.25. The fourth-order valence-corrected chi connectivity index (χ4v) is 1.97. The molecule has 0 saturated heterocycles. The first-order valence-corrected chi connectivity index (χ1v) is 6.08. The lowest BCUT2D eigenvalue weighted by Gasteiger charge is -2.04. The van der Waals surface area contributed by atoms with E-state index in [1.54, 1.807) is 0 Å². The lowest BCUT2D eigenvalue weighted by molar-refractivity contribution is 0.676. The molecule has 0 saturated carbocycles. The van der Waals surface area contributed by atoms with E-state index >= 15 is 0 Å². The van der Waals surface area contributed by atoms with Crippen LogP contribution in [0.1, 0.15) is 30.2 Å². The van der Waals surface area contributed by atoms with Crippen LogP contribution in [0.4, 0.5) is 5.82 Å². The molecule has 0 bridgehead atoms. The standard InChI is InChI=1S/C14H19N3/c1-3-7-13-11(2)14(15)17(16-13)10-12-8-5-4-6-9-12/h4-6,8-9H,3,7,10,15H2,1-2H3. The van der Waals surface area contributed by atoms with Gasteiger partial charge in [-0.25, -0.2) is 4.68 Å². The molecule has 2 aromatic rings. The summed E-state index contributed by atoms with van der Waals surface area (Å²) in [6.45, 7) is 4.96. The van der Waals surface area contributed by atoms with Crippen molar-refractivity contribution in [3.8, 4) is 0 Å². The zero-order chi connectivity index (χ0) is 12.3. The SMILES string of the molecule is CCCc1nn(Cc2ccccc2)c(N)c1C. The zero-order valence-electron chi connectivity index (χ0n) is 10.5. The normalized spacial score (nSPS) is 10.7. The van der Waals surface area contributed by atoms with Crippen molar-refractivity contribution in [2.45, 2.75) is 33.2 Å². The van der Waals surface area contributed by atoms with Gasteiger partial charge in [0, 0.05) is 5.56 Å². The van der Waals surface area contributed by atoms with E-state index in [-0.39, 0.29) is 0 Å². The largest absolute Gasteiger partial charge is 0.384 e. The summed E-state index contributed by atoms with van der Waals surface area (Å²) in [5.41, 5.74) is 9.56. The van der Waals surface area contributed by atoms with E-state index in [4.69, 9.17) is 5.73 Å². The molecule has 2 rings (SSSR count). The maximum atomic E-state index is 6.08. The summed E-state index contributed by atoms with van der Waals surface area (Å²) in [6.07, 6.45) is 2.10. The van der Waals surface area contributed by atoms with Crippen LogP contribution in [0.3, 0.4) is 0 Å². The summed E-state index contributed by atoms with van der Waals surface area (Å²) in [7, 11) is 0. The second-order valence-electron chi connectivity index (χ2n) is 4.35. The number of hydrogen-bond acceptors (Lipinski definition) is 2. The Morgan fingerprint density at radius 3 is 2.59 bits per heavy atom. The molecule has 1 aromatic carbocycles. The van der Waals surface area contributed by atoms with Crippen LogP contribution in [0.25, 0.3) is 0 Å². The monoisotopic (exact) mass is 229 g/mol. The number of hydrogen-bond donors (Lipinski definition) is 1. The molecule has 0 aliphatic rings. The van der Waals surface area contributed by atoms with E-state index in [0.29, 0.717) is 0 Å². The van der Waals surface area contributed by atoms with E-state index in [1.807, 2.05) is 22.9 Å². The molecule has 1 heterocycles. The van der Waals surface area contributed by atoms with E-state index in [1.165, 1.54) is 5.56 Å². The Morgan fingerprint density at radius 2 is 1.94 bits per heavy atom. The minimum atomic E-state index is 0.747. The highest BCUT2D eigenvalue weighted by Crippen LogP contribution is 2.18. The van der Waals surface area contributed by atoms with Crippen LogP contribution in [0, 0.1) is 6.92 Å². The van der Waals surface area contributed by atoms with Gasteiger partial charge in [0.1, 0.15) is 5.82 Å². The number of benzene rings is 1. The molecule has 3 nitrogen and oxygen atoms in total. The first kappa shape index (κ1) is 11.7. The lowest BCUT2D eigenvalue weighted by Crippen LogP contribution is -2.06. The quantitative estimate of drug-likeness (QED) is 0.876. The Morgan fingerprint density at radius 1 is 1.24 bits per heavy atom. The van der Waals surface area contributed by atoms with Crippen molar-refractivity contribution in [2.24, 2.45) is 0 Å². The van der Waals surface area contributed by atoms with Gasteiger partial charge in [0.25, 0.3) is 0 Å². The molecule has 0 unspecified atom stereocenters. The molecule has 0 aliphatic carbocycles. The van der Waals surface area contributed by atoms with Crippen LogP contribution in [-0.2, 0) is 13.0 Å². The third-order valence-electron chi connectivity index (χ3n) is 3.00. The number of aromatic nitrogens is 2. The topological polar surface area (TPSA) is 43.8 Å². The number of rotatable bonds is 4. The zero-order valence-corrected chi connectivity index (χ0v) is 10.5. The van der Waals surface area contributed by atoms with Crippen molar-refractivity contribution >= 4 is 5.82 Å². The van der Waals surface area contributed by atoms with Crippen molar-refractivity contribution in [3.05, 3.63) is 47.2 Å². The highest BCUT2D eigenvalue weighted by Gasteiger charge is 2.10. The third-order valence-corrected chi connectivity index (χ3v) is 3.00. The predicted molar refractivity (Wildman–Crippen MR) is 70.9 cm³/mol. The fourth-order valence-electron chi connectivity index (χ4n) is 1.97. The lowest BCUT2D eigenvalue weighted by atomic mass is 10.2. The van der Waals surface area contributed by atoms with Crippen molar-refractivity contribution < 1.29 is 0 Å². The molecule has 0 amide bonds. The molecule has 0 atom stereocenters. The van der Waals surface area contributed by atoms with Crippen molar-refractivity contribution in [3.63, 3.8) is 0 Å². The van der Waals surface area contributed by atoms with E-state index in [2.05, 4.69) is 31.1 Å². The molecule has 0 aliphatic heterocycles. The fraction of sp³-hybridized carbons (Fsp3) is 0.357. The van der Waals surface area contributed by atoms with E-state index in [9.17, 15) is 0 Å². The van der Waals surface area contributed by atoms with Gasteiger partial charge in [-0.3, -0.25) is 0 Å². The van der Waals surface area contributed by atoms with Gasteiger partial charge in [0.05, 0.1) is 12.2 Å². The van der Waals surface area contributed by atoms with Crippen LogP contribution >= 0.6 is 0 Å². The maximum Gasteiger partial charge on any atom is 0.125 e. The maximum absolute atomic E-state index is 6.08. The van der Waals surface area contributed by atoms with Crippen molar-refractivity contribution in [1.29, 1.82) is 0 Å². The Hall–Kier alpha value is -1.77. The van der Waals surface area contributed by atoms with Gasteiger partial charge in [-0.15, -0.1) is 0 Å². The number of nitrogens with zero attached hydrogens (tertiary/aromatic N) is 2. The van der Waals surface area contributed by atoms with Gasteiger partial charge < -0.3 is 5.73 Å². The van der Waals surface area contributed by atoms with Crippen LogP contribution in [-0.4, -0.2) is 9.78 Å². The number of nitrogen functional groups attached to an aromatic ring is 1. The molecule has 90 valence electrons. The van der Waals surface area contributed by atoms with Crippen LogP contribution in [0.5, 0.6) is 0 Å². The molecule has 0 radical (unpaired) electrons. The van der Waals surface area contributed by atoms with Gasteiger partial charge in [-0.2, -0.15) is 5.10 Å². The van der Waals surface area contributed by atoms with Crippen molar-refractivity contribution in [1.82, 2.24) is 9.78 Å². The number of nitrogens with two attached hydrogens (primary N) is 1. The molecular formula is C14H19N3. The van der Waals surface area contributed by atoms with Gasteiger partial charge in [-0.1, -0.05) is 43.7 Å². The summed E-state index contributed by atoms with van der Waals surface area (Å²) < 4.78 is 1.90. The van der Waals surface area contributed by atoms with E-state index < -0.39 is 0 Å². The molecule has 17 heavy (non-hydrogen) atoms.